The molecule has 0 bridgehead atoms. The van der Waals surface area contributed by atoms with Crippen LogP contribution in [0.1, 0.15) is 18.4 Å². The molecule has 0 radical (unpaired) electrons. The molecule has 3 N–H and O–H groups in total. The van der Waals surface area contributed by atoms with Gasteiger partial charge in [-0.1, -0.05) is 11.6 Å². The molecule has 2 rings (SSSR count). The molecule has 0 aliphatic rings. The van der Waals surface area contributed by atoms with Crippen molar-refractivity contribution in [3.63, 3.8) is 0 Å². The molecular formula is C22H29ClN4O4. The molecule has 2 aromatic carbocycles. The second kappa shape index (κ2) is 12.5. The van der Waals surface area contributed by atoms with Gasteiger partial charge in [0.25, 0.3) is 0 Å². The third kappa shape index (κ3) is 7.57. The van der Waals surface area contributed by atoms with Crippen LogP contribution in [0.5, 0.6) is 17.2 Å². The molecule has 0 aliphatic carbocycles. The highest BCUT2D eigenvalue weighted by atomic mass is 35.5. The molecule has 0 saturated heterocycles. The lowest BCUT2D eigenvalue weighted by molar-refractivity contribution is -0.116. The molecule has 0 aliphatic heterocycles. The molecular weight excluding hydrogens is 420 g/mol. The fourth-order valence-corrected chi connectivity index (χ4v) is 2.98. The summed E-state index contributed by atoms with van der Waals surface area (Å²) in [6.45, 7) is 1.11. The number of nitrogens with zero attached hydrogens (tertiary/aromatic N) is 1. The lowest BCUT2D eigenvalue weighted by Gasteiger charge is -2.16. The predicted octanol–water partition coefficient (Wildman–Crippen LogP) is 3.45. The Morgan fingerprint density at radius 3 is 2.19 bits per heavy atom. The Bertz CT molecular complexity index is 863. The molecule has 0 unspecified atom stereocenters. The van der Waals surface area contributed by atoms with Crippen molar-refractivity contribution in [1.82, 2.24) is 10.6 Å². The van der Waals surface area contributed by atoms with E-state index in [4.69, 9.17) is 25.8 Å². The molecule has 168 valence electrons. The molecule has 1 amide bonds. The highest BCUT2D eigenvalue weighted by Gasteiger charge is 2.13. The Balaban J connectivity index is 1.78. The van der Waals surface area contributed by atoms with Crippen LogP contribution in [-0.4, -0.2) is 46.8 Å². The molecule has 0 atom stereocenters. The van der Waals surface area contributed by atoms with E-state index in [1.54, 1.807) is 52.6 Å². The highest BCUT2D eigenvalue weighted by molar-refractivity contribution is 6.30. The Morgan fingerprint density at radius 1 is 1.00 bits per heavy atom. The molecule has 8 nitrogen and oxygen atoms in total. The van der Waals surface area contributed by atoms with E-state index in [9.17, 15) is 4.79 Å². The zero-order valence-corrected chi connectivity index (χ0v) is 19.0. The normalized spacial score (nSPS) is 10.9. The number of carbonyl (C=O) groups is 1. The zero-order valence-electron chi connectivity index (χ0n) is 18.3. The summed E-state index contributed by atoms with van der Waals surface area (Å²) in [7, 11) is 6.42. The zero-order chi connectivity index (χ0) is 22.6. The Morgan fingerprint density at radius 2 is 1.65 bits per heavy atom. The van der Waals surface area contributed by atoms with E-state index in [2.05, 4.69) is 20.9 Å². The SMILES string of the molecule is CN=C(NCCCC(=O)Nc1ccc(Cl)cc1)NCc1cc(OC)c(OC)c(OC)c1. The van der Waals surface area contributed by atoms with Crippen LogP contribution in [0.4, 0.5) is 5.69 Å². The number of methoxy groups -OCH3 is 3. The summed E-state index contributed by atoms with van der Waals surface area (Å²) in [6.07, 6.45) is 1.05. The first-order valence-electron chi connectivity index (χ1n) is 9.79. The smallest absolute Gasteiger partial charge is 0.224 e. The van der Waals surface area contributed by atoms with E-state index in [-0.39, 0.29) is 5.91 Å². The summed E-state index contributed by atoms with van der Waals surface area (Å²) in [5.41, 5.74) is 1.67. The monoisotopic (exact) mass is 448 g/mol. The number of hydrogen-bond donors (Lipinski definition) is 3. The largest absolute Gasteiger partial charge is 0.493 e. The predicted molar refractivity (Wildman–Crippen MR) is 124 cm³/mol. The topological polar surface area (TPSA) is 93.2 Å². The Labute approximate surface area is 187 Å². The van der Waals surface area contributed by atoms with E-state index in [1.807, 2.05) is 12.1 Å². The summed E-state index contributed by atoms with van der Waals surface area (Å²) < 4.78 is 16.1. The van der Waals surface area contributed by atoms with E-state index < -0.39 is 0 Å². The fraction of sp³-hybridized carbons (Fsp3) is 0.364. The standard InChI is InChI=1S/C22H29ClN4O4/c1-24-22(25-11-5-6-20(28)27-17-9-7-16(23)8-10-17)26-14-15-12-18(29-2)21(31-4)19(13-15)30-3/h7-10,12-13H,5-6,11,14H2,1-4H3,(H,27,28)(H2,24,25,26). The van der Waals surface area contributed by atoms with Gasteiger partial charge in [-0.3, -0.25) is 9.79 Å². The minimum Gasteiger partial charge on any atom is -0.493 e. The van der Waals surface area contributed by atoms with Crippen LogP contribution in [0.3, 0.4) is 0 Å². The van der Waals surface area contributed by atoms with Crippen molar-refractivity contribution in [2.75, 3.05) is 40.2 Å². The van der Waals surface area contributed by atoms with Gasteiger partial charge in [-0.25, -0.2) is 0 Å². The van der Waals surface area contributed by atoms with Gasteiger partial charge >= 0.3 is 0 Å². The third-order valence-corrected chi connectivity index (χ3v) is 4.66. The summed E-state index contributed by atoms with van der Waals surface area (Å²) in [5, 5.41) is 9.91. The number of ether oxygens (including phenoxy) is 3. The number of anilines is 1. The van der Waals surface area contributed by atoms with E-state index in [0.717, 1.165) is 11.3 Å². The maximum Gasteiger partial charge on any atom is 0.224 e. The molecule has 0 heterocycles. The second-order valence-corrected chi connectivity index (χ2v) is 6.98. The van der Waals surface area contributed by atoms with Gasteiger partial charge in [0.2, 0.25) is 11.7 Å². The number of nitrogens with one attached hydrogen (secondary N) is 3. The van der Waals surface area contributed by atoms with Crippen molar-refractivity contribution in [3.8, 4) is 17.2 Å². The average Bonchev–Trinajstić information content (AvgIpc) is 2.79. The third-order valence-electron chi connectivity index (χ3n) is 4.41. The number of guanidine groups is 1. The van der Waals surface area contributed by atoms with Gasteiger partial charge in [0, 0.05) is 37.3 Å². The summed E-state index contributed by atoms with van der Waals surface area (Å²) in [6, 6.07) is 10.8. The van der Waals surface area contributed by atoms with Crippen LogP contribution in [0.2, 0.25) is 5.02 Å². The molecule has 9 heteroatoms. The van der Waals surface area contributed by atoms with E-state index in [0.29, 0.717) is 54.2 Å². The molecule has 31 heavy (non-hydrogen) atoms. The fourth-order valence-electron chi connectivity index (χ4n) is 2.86. The number of amides is 1. The number of benzene rings is 2. The Hall–Kier alpha value is -3.13. The first kappa shape index (κ1) is 24.1. The minimum atomic E-state index is -0.0514. The van der Waals surface area contributed by atoms with Crippen LogP contribution in [0.15, 0.2) is 41.4 Å². The lowest BCUT2D eigenvalue weighted by atomic mass is 10.2. The van der Waals surface area contributed by atoms with Crippen LogP contribution in [0.25, 0.3) is 0 Å². The Kier molecular flexibility index (Phi) is 9.77. The number of rotatable bonds is 10. The number of carbonyl (C=O) groups excluding carboxylic acids is 1. The number of halogens is 1. The molecule has 0 saturated carbocycles. The van der Waals surface area contributed by atoms with Gasteiger partial charge < -0.3 is 30.2 Å². The van der Waals surface area contributed by atoms with Gasteiger partial charge in [-0.05, 0) is 48.4 Å². The van der Waals surface area contributed by atoms with Crippen LogP contribution < -0.4 is 30.2 Å². The van der Waals surface area contributed by atoms with Crippen molar-refractivity contribution in [2.24, 2.45) is 4.99 Å². The first-order valence-corrected chi connectivity index (χ1v) is 10.2. The summed E-state index contributed by atoms with van der Waals surface area (Å²) >= 11 is 5.85. The highest BCUT2D eigenvalue weighted by Crippen LogP contribution is 2.38. The van der Waals surface area contributed by atoms with Gasteiger partial charge in [0.15, 0.2) is 17.5 Å². The molecule has 2 aromatic rings. The first-order chi connectivity index (χ1) is 15.0. The van der Waals surface area contributed by atoms with Crippen molar-refractivity contribution in [3.05, 3.63) is 47.0 Å². The van der Waals surface area contributed by atoms with Crippen LogP contribution in [-0.2, 0) is 11.3 Å². The summed E-state index contributed by atoms with van der Waals surface area (Å²) in [4.78, 5) is 16.3. The molecule has 0 fully saturated rings. The van der Waals surface area contributed by atoms with Crippen molar-refractivity contribution in [2.45, 2.75) is 19.4 Å². The van der Waals surface area contributed by atoms with Crippen LogP contribution in [0, 0.1) is 0 Å². The average molecular weight is 449 g/mol. The minimum absolute atomic E-state index is 0.0514. The molecule has 0 aromatic heterocycles. The summed E-state index contributed by atoms with van der Waals surface area (Å²) in [5.74, 6) is 2.31. The van der Waals surface area contributed by atoms with Crippen molar-refractivity contribution < 1.29 is 19.0 Å². The molecule has 0 spiro atoms. The second-order valence-electron chi connectivity index (χ2n) is 6.54. The van der Waals surface area contributed by atoms with E-state index in [1.165, 1.54) is 0 Å². The number of aliphatic imine (C=N–C) groups is 1. The van der Waals surface area contributed by atoms with Gasteiger partial charge in [-0.2, -0.15) is 0 Å². The van der Waals surface area contributed by atoms with Gasteiger partial charge in [0.05, 0.1) is 21.3 Å². The van der Waals surface area contributed by atoms with Crippen LogP contribution >= 0.6 is 11.6 Å². The van der Waals surface area contributed by atoms with Crippen molar-refractivity contribution >= 4 is 29.2 Å². The number of hydrogen-bond acceptors (Lipinski definition) is 5. The van der Waals surface area contributed by atoms with Crippen molar-refractivity contribution in [1.29, 1.82) is 0 Å². The van der Waals surface area contributed by atoms with Gasteiger partial charge in [-0.15, -0.1) is 0 Å². The maximum absolute atomic E-state index is 12.0. The maximum atomic E-state index is 12.0. The quantitative estimate of drug-likeness (QED) is 0.293. The van der Waals surface area contributed by atoms with E-state index >= 15 is 0 Å². The lowest BCUT2D eigenvalue weighted by Crippen LogP contribution is -2.37. The van der Waals surface area contributed by atoms with Gasteiger partial charge in [0.1, 0.15) is 0 Å².